The Morgan fingerprint density at radius 2 is 1.72 bits per heavy atom. The summed E-state index contributed by atoms with van der Waals surface area (Å²) in [5.41, 5.74) is 2.98. The van der Waals surface area contributed by atoms with Crippen LogP contribution < -0.4 is 5.32 Å². The third kappa shape index (κ3) is 4.90. The molecule has 1 heterocycles. The van der Waals surface area contributed by atoms with E-state index in [1.54, 1.807) is 6.33 Å². The van der Waals surface area contributed by atoms with E-state index >= 15 is 0 Å². The molecule has 0 saturated carbocycles. The molecule has 5 heteroatoms. The highest BCUT2D eigenvalue weighted by atomic mass is 32.2. The van der Waals surface area contributed by atoms with E-state index in [0.29, 0.717) is 6.54 Å². The molecule has 1 atom stereocenters. The Bertz CT molecular complexity index is 825. The Kier molecular flexibility index (Phi) is 5.80. The van der Waals surface area contributed by atoms with Gasteiger partial charge in [0.1, 0.15) is 11.4 Å². The topological polar surface area (TPSA) is 54.9 Å². The summed E-state index contributed by atoms with van der Waals surface area (Å²) in [5, 5.41) is 3.52. The van der Waals surface area contributed by atoms with Crippen LogP contribution in [-0.4, -0.2) is 21.1 Å². The average Bonchev–Trinajstić information content (AvgIpc) is 2.68. The fourth-order valence-corrected chi connectivity index (χ4v) is 3.17. The molecule has 3 aromatic rings. The van der Waals surface area contributed by atoms with Crippen molar-refractivity contribution in [3.05, 3.63) is 78.6 Å². The zero-order chi connectivity index (χ0) is 17.5. The maximum Gasteiger partial charge on any atom is 0.233 e. The summed E-state index contributed by atoms with van der Waals surface area (Å²) in [6.45, 7) is 2.42. The number of hydrogen-bond acceptors (Lipinski definition) is 4. The lowest BCUT2D eigenvalue weighted by molar-refractivity contribution is -0.120. The molecule has 126 valence electrons. The number of aromatic nitrogens is 2. The van der Waals surface area contributed by atoms with Crippen LogP contribution in [0.4, 0.5) is 0 Å². The average molecular weight is 349 g/mol. The molecular weight excluding hydrogens is 330 g/mol. The molecule has 0 saturated heterocycles. The molecule has 1 aromatic heterocycles. The predicted molar refractivity (Wildman–Crippen MR) is 101 cm³/mol. The molecule has 0 aliphatic carbocycles. The predicted octanol–water partition coefficient (Wildman–Crippen LogP) is 3.94. The smallest absolute Gasteiger partial charge is 0.233 e. The van der Waals surface area contributed by atoms with E-state index in [-0.39, 0.29) is 11.2 Å². The van der Waals surface area contributed by atoms with Gasteiger partial charge in [0.05, 0.1) is 10.9 Å². The van der Waals surface area contributed by atoms with Gasteiger partial charge in [0.2, 0.25) is 5.91 Å². The van der Waals surface area contributed by atoms with Crippen LogP contribution in [0.15, 0.2) is 78.1 Å². The maximum absolute atomic E-state index is 12.3. The summed E-state index contributed by atoms with van der Waals surface area (Å²) in [4.78, 5) is 20.9. The van der Waals surface area contributed by atoms with E-state index in [0.717, 1.165) is 21.8 Å². The summed E-state index contributed by atoms with van der Waals surface area (Å²) in [5.74, 6) is -0.00581. The number of nitrogens with zero attached hydrogens (tertiary/aromatic N) is 2. The molecule has 25 heavy (non-hydrogen) atoms. The molecular formula is C20H19N3OS. The van der Waals surface area contributed by atoms with Crippen molar-refractivity contribution in [2.45, 2.75) is 23.7 Å². The summed E-state index contributed by atoms with van der Waals surface area (Å²) in [6, 6.07) is 21.7. The second kappa shape index (κ2) is 8.44. The monoisotopic (exact) mass is 349 g/mol. The van der Waals surface area contributed by atoms with E-state index in [1.807, 2.05) is 73.7 Å². The lowest BCUT2D eigenvalue weighted by Crippen LogP contribution is -2.30. The van der Waals surface area contributed by atoms with Crippen LogP contribution in [0.25, 0.3) is 11.3 Å². The highest BCUT2D eigenvalue weighted by Gasteiger charge is 2.15. The lowest BCUT2D eigenvalue weighted by atomic mass is 10.1. The largest absolute Gasteiger partial charge is 0.351 e. The number of benzene rings is 2. The third-order valence-corrected chi connectivity index (χ3v) is 4.72. The fraction of sp³-hybridized carbons (Fsp3) is 0.150. The van der Waals surface area contributed by atoms with Crippen LogP contribution in [0.5, 0.6) is 0 Å². The Morgan fingerprint density at radius 1 is 1.04 bits per heavy atom. The van der Waals surface area contributed by atoms with Gasteiger partial charge in [-0.2, -0.15) is 0 Å². The van der Waals surface area contributed by atoms with Crippen molar-refractivity contribution in [1.29, 1.82) is 0 Å². The van der Waals surface area contributed by atoms with Crippen molar-refractivity contribution in [1.82, 2.24) is 15.3 Å². The normalized spacial score (nSPS) is 11.7. The third-order valence-electron chi connectivity index (χ3n) is 3.69. The standard InChI is InChI=1S/C20H19N3OS/c1-15(20(24)21-13-16-8-4-2-5-9-16)25-19-12-18(22-14-23-19)17-10-6-3-7-11-17/h2-12,14-15H,13H2,1H3,(H,21,24). The van der Waals surface area contributed by atoms with Gasteiger partial charge in [0.15, 0.2) is 0 Å². The van der Waals surface area contributed by atoms with E-state index in [1.165, 1.54) is 11.8 Å². The summed E-state index contributed by atoms with van der Waals surface area (Å²) in [6.07, 6.45) is 1.54. The van der Waals surface area contributed by atoms with Gasteiger partial charge in [0.25, 0.3) is 0 Å². The molecule has 1 amide bonds. The zero-order valence-corrected chi connectivity index (χ0v) is 14.7. The van der Waals surface area contributed by atoms with Crippen LogP contribution in [-0.2, 0) is 11.3 Å². The molecule has 1 unspecified atom stereocenters. The van der Waals surface area contributed by atoms with Crippen LogP contribution >= 0.6 is 11.8 Å². The summed E-state index contributed by atoms with van der Waals surface area (Å²) < 4.78 is 0. The van der Waals surface area contributed by atoms with E-state index in [4.69, 9.17) is 0 Å². The van der Waals surface area contributed by atoms with Gasteiger partial charge < -0.3 is 5.32 Å². The highest BCUT2D eigenvalue weighted by Crippen LogP contribution is 2.25. The number of hydrogen-bond donors (Lipinski definition) is 1. The maximum atomic E-state index is 12.3. The van der Waals surface area contributed by atoms with Gasteiger partial charge in [-0.3, -0.25) is 4.79 Å². The van der Waals surface area contributed by atoms with Crippen molar-refractivity contribution >= 4 is 17.7 Å². The Balaban J connectivity index is 1.60. The first kappa shape index (κ1) is 17.2. The van der Waals surface area contributed by atoms with Crippen molar-refractivity contribution in [3.8, 4) is 11.3 Å². The molecule has 0 bridgehead atoms. The number of amides is 1. The van der Waals surface area contributed by atoms with Gasteiger partial charge >= 0.3 is 0 Å². The number of carbonyl (C=O) groups excluding carboxylic acids is 1. The summed E-state index contributed by atoms with van der Waals surface area (Å²) in [7, 11) is 0. The SMILES string of the molecule is CC(Sc1cc(-c2ccccc2)ncn1)C(=O)NCc1ccccc1. The van der Waals surface area contributed by atoms with Crippen molar-refractivity contribution < 1.29 is 4.79 Å². The van der Waals surface area contributed by atoms with Crippen LogP contribution in [0.1, 0.15) is 12.5 Å². The van der Waals surface area contributed by atoms with Gasteiger partial charge in [-0.25, -0.2) is 9.97 Å². The number of thioether (sulfide) groups is 1. The van der Waals surface area contributed by atoms with E-state index in [9.17, 15) is 4.79 Å². The lowest BCUT2D eigenvalue weighted by Gasteiger charge is -2.12. The molecule has 0 aliphatic heterocycles. The minimum atomic E-state index is -0.234. The Hall–Kier alpha value is -2.66. The Morgan fingerprint density at radius 3 is 2.44 bits per heavy atom. The second-order valence-corrected chi connectivity index (χ2v) is 6.93. The number of rotatable bonds is 6. The number of nitrogens with one attached hydrogen (secondary N) is 1. The molecule has 0 aliphatic rings. The van der Waals surface area contributed by atoms with Crippen molar-refractivity contribution in [2.75, 3.05) is 0 Å². The fourth-order valence-electron chi connectivity index (χ4n) is 2.33. The first-order valence-corrected chi connectivity index (χ1v) is 8.96. The molecule has 0 spiro atoms. The highest BCUT2D eigenvalue weighted by molar-refractivity contribution is 8.00. The molecule has 0 radical (unpaired) electrons. The Labute approximate surface area is 151 Å². The molecule has 2 aromatic carbocycles. The quantitative estimate of drug-likeness (QED) is 0.541. The van der Waals surface area contributed by atoms with Crippen LogP contribution in [0.3, 0.4) is 0 Å². The molecule has 3 rings (SSSR count). The molecule has 4 nitrogen and oxygen atoms in total. The van der Waals surface area contributed by atoms with Gasteiger partial charge in [-0.1, -0.05) is 72.4 Å². The van der Waals surface area contributed by atoms with Crippen molar-refractivity contribution in [3.63, 3.8) is 0 Å². The van der Waals surface area contributed by atoms with E-state index < -0.39 is 0 Å². The van der Waals surface area contributed by atoms with E-state index in [2.05, 4.69) is 15.3 Å². The van der Waals surface area contributed by atoms with Gasteiger partial charge in [-0.15, -0.1) is 0 Å². The van der Waals surface area contributed by atoms with Gasteiger partial charge in [-0.05, 0) is 18.6 Å². The second-order valence-electron chi connectivity index (χ2n) is 5.57. The molecule has 0 fully saturated rings. The minimum Gasteiger partial charge on any atom is -0.351 e. The number of carbonyl (C=O) groups is 1. The van der Waals surface area contributed by atoms with Crippen LogP contribution in [0, 0.1) is 0 Å². The zero-order valence-electron chi connectivity index (χ0n) is 13.9. The van der Waals surface area contributed by atoms with Crippen LogP contribution in [0.2, 0.25) is 0 Å². The first-order chi connectivity index (χ1) is 12.2. The minimum absolute atomic E-state index is 0.00581. The van der Waals surface area contributed by atoms with Gasteiger partial charge in [0, 0.05) is 12.1 Å². The first-order valence-electron chi connectivity index (χ1n) is 8.08. The summed E-state index contributed by atoms with van der Waals surface area (Å²) >= 11 is 1.43. The van der Waals surface area contributed by atoms with Crippen molar-refractivity contribution in [2.24, 2.45) is 0 Å². The molecule has 1 N–H and O–H groups in total.